The lowest BCUT2D eigenvalue weighted by atomic mass is 9.85. The largest absolute Gasteiger partial charge is 0.371 e. The molecule has 2 atom stereocenters. The van der Waals surface area contributed by atoms with Crippen molar-refractivity contribution in [2.24, 2.45) is 17.8 Å². The minimum Gasteiger partial charge on any atom is -0.371 e. The molecule has 3 aromatic rings. The molecule has 0 bridgehead atoms. The number of hydrogen-bond donors (Lipinski definition) is 0. The van der Waals surface area contributed by atoms with E-state index in [1.807, 2.05) is 24.3 Å². The summed E-state index contributed by atoms with van der Waals surface area (Å²) in [6.45, 7) is 11.0. The maximum absolute atomic E-state index is 13.8. The van der Waals surface area contributed by atoms with Gasteiger partial charge in [-0.05, 0) is 43.1 Å². The maximum Gasteiger partial charge on any atom is 0.196 e. The van der Waals surface area contributed by atoms with Gasteiger partial charge in [0, 0.05) is 37.3 Å². The molecule has 3 aliphatic rings. The van der Waals surface area contributed by atoms with Gasteiger partial charge in [0.05, 0.1) is 22.3 Å². The fraction of sp³-hybridized carbons (Fsp3) is 0.481. The lowest BCUT2D eigenvalue weighted by Gasteiger charge is -2.38. The van der Waals surface area contributed by atoms with Gasteiger partial charge in [-0.15, -0.1) is 0 Å². The monoisotopic (exact) mass is 429 g/mol. The number of aromatic nitrogens is 1. The summed E-state index contributed by atoms with van der Waals surface area (Å²) in [4.78, 5) is 18.7. The van der Waals surface area contributed by atoms with Crippen LogP contribution in [0.4, 0.5) is 11.4 Å². The van der Waals surface area contributed by atoms with Crippen LogP contribution in [-0.4, -0.2) is 37.1 Å². The third-order valence-electron chi connectivity index (χ3n) is 7.69. The fourth-order valence-corrected chi connectivity index (χ4v) is 6.12. The van der Waals surface area contributed by atoms with Crippen LogP contribution in [0.15, 0.2) is 34.9 Å². The normalized spacial score (nSPS) is 23.7. The van der Waals surface area contributed by atoms with Crippen molar-refractivity contribution < 1.29 is 9.32 Å². The van der Waals surface area contributed by atoms with Crippen LogP contribution in [0, 0.1) is 17.8 Å². The molecular formula is C27H31N3O2. The molecule has 1 aliphatic carbocycles. The number of benzene rings is 2. The predicted octanol–water partition coefficient (Wildman–Crippen LogP) is 5.76. The van der Waals surface area contributed by atoms with Crippen molar-refractivity contribution in [3.63, 3.8) is 0 Å². The molecule has 0 saturated carbocycles. The van der Waals surface area contributed by atoms with Gasteiger partial charge in [0.15, 0.2) is 11.5 Å². The highest BCUT2D eigenvalue weighted by Gasteiger charge is 2.36. The number of anilines is 2. The molecule has 2 unspecified atom stereocenters. The number of rotatable bonds is 2. The molecule has 2 saturated heterocycles. The van der Waals surface area contributed by atoms with Gasteiger partial charge in [-0.2, -0.15) is 0 Å². The molecular weight excluding hydrogens is 398 g/mol. The number of hydrogen-bond acceptors (Lipinski definition) is 5. The number of carbonyl (C=O) groups is 1. The molecule has 166 valence electrons. The summed E-state index contributed by atoms with van der Waals surface area (Å²) in [5.74, 6) is 2.85. The predicted molar refractivity (Wildman–Crippen MR) is 129 cm³/mol. The molecule has 2 aliphatic heterocycles. The Hall–Kier alpha value is -2.82. The van der Waals surface area contributed by atoms with Crippen LogP contribution in [0.3, 0.4) is 0 Å². The lowest BCUT2D eigenvalue weighted by molar-refractivity contribution is 0.104. The topological polar surface area (TPSA) is 49.6 Å². The second-order valence-electron chi connectivity index (χ2n) is 10.4. The highest BCUT2D eigenvalue weighted by molar-refractivity contribution is 6.28. The number of nitrogens with zero attached hydrogens (tertiary/aromatic N) is 3. The van der Waals surface area contributed by atoms with Gasteiger partial charge in [-0.3, -0.25) is 4.79 Å². The molecule has 0 N–H and O–H groups in total. The van der Waals surface area contributed by atoms with Crippen molar-refractivity contribution in [3.8, 4) is 11.3 Å². The first-order valence-electron chi connectivity index (χ1n) is 12.1. The SMILES string of the molecule is CC1CCN(c2cc(N3CC(C)CC(C)C3)c3noc4c3c2C(=O)c2ccccc2-4)CC1. The Morgan fingerprint density at radius 3 is 2.31 bits per heavy atom. The van der Waals surface area contributed by atoms with Gasteiger partial charge in [-0.1, -0.05) is 50.2 Å². The van der Waals surface area contributed by atoms with Crippen LogP contribution in [-0.2, 0) is 0 Å². The minimum atomic E-state index is 0.0989. The van der Waals surface area contributed by atoms with E-state index in [0.29, 0.717) is 11.8 Å². The zero-order chi connectivity index (χ0) is 22.0. The van der Waals surface area contributed by atoms with E-state index >= 15 is 0 Å². The van der Waals surface area contributed by atoms with E-state index in [1.165, 1.54) is 6.42 Å². The van der Waals surface area contributed by atoms with Crippen molar-refractivity contribution in [1.29, 1.82) is 0 Å². The van der Waals surface area contributed by atoms with Gasteiger partial charge in [0.1, 0.15) is 5.52 Å². The van der Waals surface area contributed by atoms with E-state index in [4.69, 9.17) is 4.52 Å². The van der Waals surface area contributed by atoms with Gasteiger partial charge >= 0.3 is 0 Å². The molecule has 1 aromatic heterocycles. The standard InChI is InChI=1S/C27H31N3O2/c1-16-8-10-29(11-9-16)21-13-22(30-14-17(2)12-18(3)15-30)25-24-23(21)26(31)19-6-4-5-7-20(19)27(24)32-28-25/h4-7,13,16-18H,8-12,14-15H2,1-3H3. The smallest absolute Gasteiger partial charge is 0.196 e. The summed E-state index contributed by atoms with van der Waals surface area (Å²) in [6.07, 6.45) is 3.57. The molecule has 0 spiro atoms. The quantitative estimate of drug-likeness (QED) is 0.406. The van der Waals surface area contributed by atoms with Gasteiger partial charge in [0.2, 0.25) is 0 Å². The van der Waals surface area contributed by atoms with Crippen LogP contribution in [0.2, 0.25) is 0 Å². The van der Waals surface area contributed by atoms with Crippen LogP contribution in [0.25, 0.3) is 22.2 Å². The molecule has 2 aromatic carbocycles. The lowest BCUT2D eigenvalue weighted by Crippen LogP contribution is -2.39. The van der Waals surface area contributed by atoms with Crippen LogP contribution in [0.1, 0.15) is 56.0 Å². The zero-order valence-electron chi connectivity index (χ0n) is 19.2. The summed E-state index contributed by atoms with van der Waals surface area (Å²) in [5, 5.41) is 5.47. The molecule has 3 heterocycles. The summed E-state index contributed by atoms with van der Waals surface area (Å²) >= 11 is 0. The number of ketones is 1. The van der Waals surface area contributed by atoms with E-state index in [1.54, 1.807) is 0 Å². The zero-order valence-corrected chi connectivity index (χ0v) is 19.2. The second-order valence-corrected chi connectivity index (χ2v) is 10.4. The van der Waals surface area contributed by atoms with E-state index < -0.39 is 0 Å². The summed E-state index contributed by atoms with van der Waals surface area (Å²) in [7, 11) is 0. The van der Waals surface area contributed by atoms with Gasteiger partial charge in [-0.25, -0.2) is 0 Å². The first kappa shape index (κ1) is 19.8. The molecule has 0 radical (unpaired) electrons. The number of carbonyl (C=O) groups excluding carboxylic acids is 1. The van der Waals surface area contributed by atoms with Gasteiger partial charge < -0.3 is 14.3 Å². The average Bonchev–Trinajstić information content (AvgIpc) is 3.22. The van der Waals surface area contributed by atoms with Crippen molar-refractivity contribution in [2.45, 2.75) is 40.0 Å². The van der Waals surface area contributed by atoms with Gasteiger partial charge in [0.25, 0.3) is 0 Å². The van der Waals surface area contributed by atoms with E-state index in [9.17, 15) is 4.79 Å². The molecule has 5 nitrogen and oxygen atoms in total. The van der Waals surface area contributed by atoms with Crippen LogP contribution in [0.5, 0.6) is 0 Å². The van der Waals surface area contributed by atoms with E-state index in [0.717, 1.165) is 89.7 Å². The molecule has 0 amide bonds. The fourth-order valence-electron chi connectivity index (χ4n) is 6.12. The second kappa shape index (κ2) is 7.36. The Kier molecular flexibility index (Phi) is 4.56. The Labute approximate surface area is 189 Å². The van der Waals surface area contributed by atoms with Crippen molar-refractivity contribution in [2.75, 3.05) is 36.0 Å². The Balaban J connectivity index is 1.60. The molecule has 5 heteroatoms. The maximum atomic E-state index is 13.8. The number of fused-ring (bicyclic) bond motifs is 2. The molecule has 2 fully saturated rings. The first-order valence-corrected chi connectivity index (χ1v) is 12.1. The summed E-state index contributed by atoms with van der Waals surface area (Å²) in [6, 6.07) is 10.0. The molecule has 6 rings (SSSR count). The Bertz CT molecular complexity index is 1200. The van der Waals surface area contributed by atoms with Crippen LogP contribution >= 0.6 is 0 Å². The van der Waals surface area contributed by atoms with Crippen molar-refractivity contribution in [3.05, 3.63) is 41.5 Å². The number of piperidine rings is 2. The highest BCUT2D eigenvalue weighted by atomic mass is 16.5. The highest BCUT2D eigenvalue weighted by Crippen LogP contribution is 2.47. The van der Waals surface area contributed by atoms with Crippen LogP contribution < -0.4 is 9.80 Å². The van der Waals surface area contributed by atoms with E-state index in [-0.39, 0.29) is 5.78 Å². The Morgan fingerprint density at radius 2 is 1.59 bits per heavy atom. The van der Waals surface area contributed by atoms with Crippen molar-refractivity contribution in [1.82, 2.24) is 5.16 Å². The third-order valence-corrected chi connectivity index (χ3v) is 7.69. The van der Waals surface area contributed by atoms with Crippen molar-refractivity contribution >= 4 is 28.1 Å². The minimum absolute atomic E-state index is 0.0989. The Morgan fingerprint density at radius 1 is 0.906 bits per heavy atom. The summed E-state index contributed by atoms with van der Waals surface area (Å²) in [5.41, 5.74) is 5.40. The van der Waals surface area contributed by atoms with E-state index in [2.05, 4.69) is 41.8 Å². The first-order chi connectivity index (χ1) is 15.5. The third kappa shape index (κ3) is 2.97. The summed E-state index contributed by atoms with van der Waals surface area (Å²) < 4.78 is 5.97. The average molecular weight is 430 g/mol. The molecule has 32 heavy (non-hydrogen) atoms.